The minimum Gasteiger partial charge on any atom is -0.373 e. The van der Waals surface area contributed by atoms with E-state index in [1.165, 1.54) is 5.56 Å². The van der Waals surface area contributed by atoms with Crippen molar-refractivity contribution in [3.05, 3.63) is 60.3 Å². The van der Waals surface area contributed by atoms with Gasteiger partial charge in [-0.3, -0.25) is 10.2 Å². The van der Waals surface area contributed by atoms with Crippen molar-refractivity contribution in [3.8, 4) is 0 Å². The molecule has 1 aromatic carbocycles. The molecule has 0 aromatic heterocycles. The molecule has 3 aliphatic heterocycles. The maximum absolute atomic E-state index is 5.90. The first kappa shape index (κ1) is 15.9. The lowest BCUT2D eigenvalue weighted by molar-refractivity contribution is -0.0720. The second kappa shape index (κ2) is 6.71. The molecule has 5 unspecified atom stereocenters. The summed E-state index contributed by atoms with van der Waals surface area (Å²) < 4.78 is 5.90. The van der Waals surface area contributed by atoms with E-state index < -0.39 is 0 Å². The monoisotopic (exact) mass is 325 g/mol. The van der Waals surface area contributed by atoms with E-state index in [0.717, 1.165) is 19.6 Å². The van der Waals surface area contributed by atoms with E-state index in [-0.39, 0.29) is 0 Å². The van der Waals surface area contributed by atoms with Crippen LogP contribution in [0.4, 0.5) is 0 Å². The largest absolute Gasteiger partial charge is 0.373 e. The molecular weight excluding hydrogens is 298 g/mol. The van der Waals surface area contributed by atoms with Crippen LogP contribution < -0.4 is 5.32 Å². The van der Waals surface area contributed by atoms with Gasteiger partial charge in [0.25, 0.3) is 0 Å². The van der Waals surface area contributed by atoms with Gasteiger partial charge in [0.1, 0.15) is 0 Å². The number of benzene rings is 1. The zero-order chi connectivity index (χ0) is 16.5. The molecule has 4 rings (SSSR count). The molecular formula is C20H27N3O. The lowest BCUT2D eigenvalue weighted by atomic mass is 9.99. The lowest BCUT2D eigenvalue weighted by Crippen LogP contribution is -2.50. The summed E-state index contributed by atoms with van der Waals surface area (Å²) in [7, 11) is 0. The van der Waals surface area contributed by atoms with E-state index in [9.17, 15) is 0 Å². The molecule has 0 bridgehead atoms. The molecule has 2 saturated heterocycles. The third-order valence-corrected chi connectivity index (χ3v) is 5.20. The minimum absolute atomic E-state index is 0.293. The first-order valence-electron chi connectivity index (χ1n) is 9.02. The molecule has 0 radical (unpaired) electrons. The van der Waals surface area contributed by atoms with Crippen LogP contribution >= 0.6 is 0 Å². The van der Waals surface area contributed by atoms with Gasteiger partial charge in [0.15, 0.2) is 0 Å². The van der Waals surface area contributed by atoms with Crippen LogP contribution in [0.3, 0.4) is 0 Å². The predicted molar refractivity (Wildman–Crippen MR) is 96.5 cm³/mol. The third-order valence-electron chi connectivity index (χ3n) is 5.20. The fourth-order valence-electron chi connectivity index (χ4n) is 4.31. The van der Waals surface area contributed by atoms with E-state index in [1.54, 1.807) is 0 Å². The van der Waals surface area contributed by atoms with Crippen LogP contribution in [0.5, 0.6) is 0 Å². The van der Waals surface area contributed by atoms with Gasteiger partial charge in [-0.1, -0.05) is 36.4 Å². The van der Waals surface area contributed by atoms with Crippen LogP contribution in [0, 0.1) is 0 Å². The van der Waals surface area contributed by atoms with Crippen molar-refractivity contribution in [2.24, 2.45) is 0 Å². The summed E-state index contributed by atoms with van der Waals surface area (Å²) in [6.45, 7) is 7.44. The van der Waals surface area contributed by atoms with Gasteiger partial charge in [0.2, 0.25) is 0 Å². The standard InChI is InChI=1S/C20H27N3O/c1-15-12-22(13-16(2)24-15)14-18-20(17-8-4-3-5-9-17)21-19-10-6-7-11-23(18)19/h3-11,15-16,18-21H,12-14H2,1-2H3. The van der Waals surface area contributed by atoms with Crippen LogP contribution in [-0.2, 0) is 4.74 Å². The topological polar surface area (TPSA) is 27.7 Å². The van der Waals surface area contributed by atoms with Gasteiger partial charge in [-0.2, -0.15) is 0 Å². The molecule has 2 fully saturated rings. The number of fused-ring (bicyclic) bond motifs is 1. The van der Waals surface area contributed by atoms with Crippen molar-refractivity contribution in [2.75, 3.05) is 19.6 Å². The van der Waals surface area contributed by atoms with Crippen LogP contribution in [-0.4, -0.2) is 53.8 Å². The Hall–Kier alpha value is -1.62. The maximum Gasteiger partial charge on any atom is 0.0994 e. The smallest absolute Gasteiger partial charge is 0.0994 e. The lowest BCUT2D eigenvalue weighted by Gasteiger charge is -2.39. The Kier molecular flexibility index (Phi) is 4.44. The van der Waals surface area contributed by atoms with Crippen LogP contribution in [0.25, 0.3) is 0 Å². The number of nitrogens with zero attached hydrogens (tertiary/aromatic N) is 2. The van der Waals surface area contributed by atoms with Crippen molar-refractivity contribution in [3.63, 3.8) is 0 Å². The third kappa shape index (κ3) is 3.14. The Labute approximate surface area is 144 Å². The Morgan fingerprint density at radius 3 is 2.58 bits per heavy atom. The van der Waals surface area contributed by atoms with Gasteiger partial charge in [0.05, 0.1) is 30.5 Å². The fourth-order valence-corrected chi connectivity index (χ4v) is 4.31. The zero-order valence-electron chi connectivity index (χ0n) is 14.5. The molecule has 0 spiro atoms. The quantitative estimate of drug-likeness (QED) is 0.924. The van der Waals surface area contributed by atoms with Crippen molar-refractivity contribution >= 4 is 0 Å². The number of rotatable bonds is 3. The molecule has 5 atom stereocenters. The Morgan fingerprint density at radius 2 is 1.83 bits per heavy atom. The summed E-state index contributed by atoms with van der Waals surface area (Å²) in [5.74, 6) is 0. The van der Waals surface area contributed by atoms with Crippen LogP contribution in [0.1, 0.15) is 25.5 Å². The molecule has 1 N–H and O–H groups in total. The Balaban J connectivity index is 1.57. The summed E-state index contributed by atoms with van der Waals surface area (Å²) in [5.41, 5.74) is 1.37. The average Bonchev–Trinajstić information content (AvgIpc) is 2.94. The van der Waals surface area contributed by atoms with Crippen molar-refractivity contribution in [2.45, 2.75) is 44.3 Å². The van der Waals surface area contributed by atoms with E-state index in [4.69, 9.17) is 4.74 Å². The maximum atomic E-state index is 5.90. The molecule has 0 aliphatic carbocycles. The van der Waals surface area contributed by atoms with Crippen LogP contribution in [0.2, 0.25) is 0 Å². The summed E-state index contributed by atoms with van der Waals surface area (Å²) in [6, 6.07) is 11.6. The first-order chi connectivity index (χ1) is 11.7. The Morgan fingerprint density at radius 1 is 1.08 bits per heavy atom. The highest BCUT2D eigenvalue weighted by molar-refractivity contribution is 5.27. The molecule has 0 amide bonds. The molecule has 24 heavy (non-hydrogen) atoms. The van der Waals surface area contributed by atoms with Crippen molar-refractivity contribution < 1.29 is 4.74 Å². The van der Waals surface area contributed by atoms with E-state index >= 15 is 0 Å². The first-order valence-corrected chi connectivity index (χ1v) is 9.02. The highest BCUT2D eigenvalue weighted by atomic mass is 16.5. The van der Waals surface area contributed by atoms with Crippen molar-refractivity contribution in [1.29, 1.82) is 0 Å². The van der Waals surface area contributed by atoms with E-state index in [0.29, 0.717) is 30.5 Å². The molecule has 128 valence electrons. The normalized spacial score (nSPS) is 36.1. The van der Waals surface area contributed by atoms with Gasteiger partial charge >= 0.3 is 0 Å². The second-order valence-electron chi connectivity index (χ2n) is 7.22. The molecule has 3 heterocycles. The SMILES string of the molecule is CC1CN(CC2C(c3ccccc3)NC3C=CC=CN32)CC(C)O1. The molecule has 1 aromatic rings. The van der Waals surface area contributed by atoms with Gasteiger partial charge in [-0.15, -0.1) is 0 Å². The number of nitrogens with one attached hydrogen (secondary N) is 1. The van der Waals surface area contributed by atoms with E-state index in [1.807, 2.05) is 0 Å². The molecule has 4 nitrogen and oxygen atoms in total. The number of ether oxygens (including phenoxy) is 1. The summed E-state index contributed by atoms with van der Waals surface area (Å²) in [4.78, 5) is 5.04. The summed E-state index contributed by atoms with van der Waals surface area (Å²) in [5, 5.41) is 3.80. The number of morpholine rings is 1. The van der Waals surface area contributed by atoms with Gasteiger partial charge in [-0.25, -0.2) is 0 Å². The summed E-state index contributed by atoms with van der Waals surface area (Å²) in [6.07, 6.45) is 9.68. The van der Waals surface area contributed by atoms with Gasteiger partial charge in [0, 0.05) is 25.8 Å². The number of hydrogen-bond donors (Lipinski definition) is 1. The zero-order valence-corrected chi connectivity index (χ0v) is 14.5. The van der Waals surface area contributed by atoms with Gasteiger partial charge < -0.3 is 9.64 Å². The van der Waals surface area contributed by atoms with Crippen molar-refractivity contribution in [1.82, 2.24) is 15.1 Å². The number of allylic oxidation sites excluding steroid dienone is 2. The van der Waals surface area contributed by atoms with E-state index in [2.05, 4.69) is 83.7 Å². The minimum atomic E-state index is 0.293. The molecule has 0 saturated carbocycles. The number of hydrogen-bond acceptors (Lipinski definition) is 4. The fraction of sp³-hybridized carbons (Fsp3) is 0.500. The highest BCUT2D eigenvalue weighted by Crippen LogP contribution is 2.32. The molecule has 3 aliphatic rings. The molecule has 4 heteroatoms. The summed E-state index contributed by atoms with van der Waals surface area (Å²) >= 11 is 0. The van der Waals surface area contributed by atoms with Crippen LogP contribution in [0.15, 0.2) is 54.8 Å². The predicted octanol–water partition coefficient (Wildman–Crippen LogP) is 2.52. The highest BCUT2D eigenvalue weighted by Gasteiger charge is 2.40. The van der Waals surface area contributed by atoms with Gasteiger partial charge in [-0.05, 0) is 31.6 Å². The average molecular weight is 325 g/mol. The Bertz CT molecular complexity index is 605. The second-order valence-corrected chi connectivity index (χ2v) is 7.22.